The first kappa shape index (κ1) is 25.9. The summed E-state index contributed by atoms with van der Waals surface area (Å²) in [7, 11) is 3.34. The summed E-state index contributed by atoms with van der Waals surface area (Å²) in [4.78, 5) is 9.15. The molecule has 0 radical (unpaired) electrons. The number of aliphatic imine (C=N–C) groups is 2. The van der Waals surface area contributed by atoms with Crippen LogP contribution in [0, 0.1) is 0 Å². The summed E-state index contributed by atoms with van der Waals surface area (Å²) in [6.45, 7) is 0. The number of aryl methyl sites for hydroxylation is 2. The third-order valence-electron chi connectivity index (χ3n) is 6.26. The van der Waals surface area contributed by atoms with Crippen LogP contribution >= 0.6 is 0 Å². The molecule has 0 amide bonds. The average molecular weight is 491 g/mol. The molecule has 4 rings (SSSR count). The summed E-state index contributed by atoms with van der Waals surface area (Å²) in [6.07, 6.45) is 9.57. The minimum atomic E-state index is 0.853. The molecule has 0 aliphatic heterocycles. The van der Waals surface area contributed by atoms with Crippen LogP contribution in [0.3, 0.4) is 0 Å². The number of nitrogens with zero attached hydrogens (tertiary/aromatic N) is 2. The van der Waals surface area contributed by atoms with E-state index in [1.54, 1.807) is 14.2 Å². The van der Waals surface area contributed by atoms with E-state index in [-0.39, 0.29) is 0 Å². The smallest absolute Gasteiger partial charge is 0.118 e. The molecular formula is C33H34N2O2. The van der Waals surface area contributed by atoms with Crippen molar-refractivity contribution in [3.63, 3.8) is 0 Å². The molecule has 0 bridgehead atoms. The van der Waals surface area contributed by atoms with Gasteiger partial charge in [-0.2, -0.15) is 0 Å². The predicted octanol–water partition coefficient (Wildman–Crippen LogP) is 8.16. The number of hydrogen-bond acceptors (Lipinski definition) is 4. The Bertz CT molecular complexity index is 1170. The van der Waals surface area contributed by atoms with Gasteiger partial charge in [0.2, 0.25) is 0 Å². The lowest BCUT2D eigenvalue weighted by molar-refractivity contribution is 0.414. The van der Waals surface area contributed by atoms with Gasteiger partial charge in [0.25, 0.3) is 0 Å². The van der Waals surface area contributed by atoms with Crippen LogP contribution in [0.2, 0.25) is 0 Å². The van der Waals surface area contributed by atoms with Crippen molar-refractivity contribution in [2.75, 3.05) is 14.2 Å². The molecule has 0 aliphatic carbocycles. The molecule has 0 saturated heterocycles. The molecule has 188 valence electrons. The second-order valence-electron chi connectivity index (χ2n) is 8.96. The highest BCUT2D eigenvalue weighted by Crippen LogP contribution is 2.18. The highest BCUT2D eigenvalue weighted by molar-refractivity contribution is 5.82. The Balaban J connectivity index is 1.15. The third-order valence-corrected chi connectivity index (χ3v) is 6.26. The Morgan fingerprint density at radius 2 is 0.865 bits per heavy atom. The van der Waals surface area contributed by atoms with Crippen molar-refractivity contribution < 1.29 is 9.47 Å². The molecule has 4 heteroatoms. The molecule has 0 aromatic heterocycles. The minimum Gasteiger partial charge on any atom is -0.497 e. The van der Waals surface area contributed by atoms with Crippen LogP contribution in [0.15, 0.2) is 107 Å². The van der Waals surface area contributed by atoms with Crippen LogP contribution < -0.4 is 9.47 Å². The molecule has 0 N–H and O–H groups in total. The first-order valence-electron chi connectivity index (χ1n) is 12.8. The molecule has 0 aliphatic rings. The number of rotatable bonds is 12. The average Bonchev–Trinajstić information content (AvgIpc) is 2.96. The SMILES string of the molecule is COc1ccc(C=Nc2ccc(CCCCCc3ccc(N=Cc4ccc(OC)cc4)cc3)cc2)cc1. The van der Waals surface area contributed by atoms with Crippen LogP contribution in [0.1, 0.15) is 41.5 Å². The van der Waals surface area contributed by atoms with Crippen molar-refractivity contribution in [3.05, 3.63) is 119 Å². The van der Waals surface area contributed by atoms with E-state index < -0.39 is 0 Å². The second kappa shape index (κ2) is 13.8. The standard InChI is InChI=1S/C33H34N2O2/c1-36-32-20-12-28(13-21-32)24-34-30-16-8-26(9-17-30)6-4-3-5-7-27-10-18-31(19-11-27)35-25-29-14-22-33(37-2)23-15-29/h8-25H,3-7H2,1-2H3. The van der Waals surface area contributed by atoms with Gasteiger partial charge in [-0.25, -0.2) is 0 Å². The highest BCUT2D eigenvalue weighted by Gasteiger charge is 1.98. The van der Waals surface area contributed by atoms with Gasteiger partial charge in [-0.05, 0) is 121 Å². The van der Waals surface area contributed by atoms with Gasteiger partial charge in [-0.1, -0.05) is 30.7 Å². The van der Waals surface area contributed by atoms with Gasteiger partial charge in [-0.3, -0.25) is 9.98 Å². The first-order chi connectivity index (χ1) is 18.2. The maximum atomic E-state index is 5.19. The topological polar surface area (TPSA) is 43.2 Å². The molecule has 37 heavy (non-hydrogen) atoms. The van der Waals surface area contributed by atoms with Crippen LogP contribution in [0.5, 0.6) is 11.5 Å². The Morgan fingerprint density at radius 1 is 0.486 bits per heavy atom. The molecule has 0 spiro atoms. The summed E-state index contributed by atoms with van der Waals surface area (Å²) in [6, 6.07) is 32.9. The Hall–Kier alpha value is -4.18. The molecule has 0 fully saturated rings. The van der Waals surface area contributed by atoms with E-state index in [4.69, 9.17) is 9.47 Å². The van der Waals surface area contributed by atoms with Crippen molar-refractivity contribution in [1.82, 2.24) is 0 Å². The summed E-state index contributed by atoms with van der Waals surface area (Å²) in [5.41, 5.74) is 6.78. The lowest BCUT2D eigenvalue weighted by atomic mass is 10.0. The van der Waals surface area contributed by atoms with Crippen molar-refractivity contribution in [2.24, 2.45) is 9.98 Å². The van der Waals surface area contributed by atoms with E-state index in [9.17, 15) is 0 Å². The first-order valence-corrected chi connectivity index (χ1v) is 12.8. The second-order valence-corrected chi connectivity index (χ2v) is 8.96. The molecule has 0 unspecified atom stereocenters. The summed E-state index contributed by atoms with van der Waals surface area (Å²) in [5, 5.41) is 0. The van der Waals surface area contributed by atoms with Crippen LogP contribution in [0.25, 0.3) is 0 Å². The molecule has 4 aromatic rings. The molecule has 4 nitrogen and oxygen atoms in total. The Labute approximate surface area is 220 Å². The Kier molecular flexibility index (Phi) is 9.65. The van der Waals surface area contributed by atoms with Crippen molar-refractivity contribution in [2.45, 2.75) is 32.1 Å². The largest absolute Gasteiger partial charge is 0.497 e. The number of ether oxygens (including phenoxy) is 2. The predicted molar refractivity (Wildman–Crippen MR) is 155 cm³/mol. The van der Waals surface area contributed by atoms with E-state index >= 15 is 0 Å². The van der Waals surface area contributed by atoms with Crippen LogP contribution in [-0.4, -0.2) is 26.6 Å². The Morgan fingerprint density at radius 3 is 1.22 bits per heavy atom. The third kappa shape index (κ3) is 8.46. The van der Waals surface area contributed by atoms with Crippen LogP contribution in [-0.2, 0) is 12.8 Å². The summed E-state index contributed by atoms with van der Waals surface area (Å²) in [5.74, 6) is 1.71. The monoisotopic (exact) mass is 490 g/mol. The van der Waals surface area contributed by atoms with Crippen molar-refractivity contribution in [3.8, 4) is 11.5 Å². The van der Waals surface area contributed by atoms with Gasteiger partial charge in [0, 0.05) is 12.4 Å². The highest BCUT2D eigenvalue weighted by atomic mass is 16.5. The number of unbranched alkanes of at least 4 members (excludes halogenated alkanes) is 2. The van der Waals surface area contributed by atoms with Gasteiger partial charge in [0.1, 0.15) is 11.5 Å². The molecular weight excluding hydrogens is 456 g/mol. The molecule has 0 heterocycles. The lowest BCUT2D eigenvalue weighted by Gasteiger charge is -2.04. The van der Waals surface area contributed by atoms with E-state index in [0.29, 0.717) is 0 Å². The van der Waals surface area contributed by atoms with Gasteiger partial charge in [0.05, 0.1) is 25.6 Å². The van der Waals surface area contributed by atoms with E-state index in [2.05, 4.69) is 58.5 Å². The van der Waals surface area contributed by atoms with Gasteiger partial charge < -0.3 is 9.47 Å². The van der Waals surface area contributed by atoms with Gasteiger partial charge >= 0.3 is 0 Å². The normalized spacial score (nSPS) is 11.3. The van der Waals surface area contributed by atoms with Crippen LogP contribution in [0.4, 0.5) is 11.4 Å². The van der Waals surface area contributed by atoms with E-state index in [1.165, 1.54) is 30.4 Å². The molecule has 0 saturated carbocycles. The van der Waals surface area contributed by atoms with Crippen molar-refractivity contribution >= 4 is 23.8 Å². The van der Waals surface area contributed by atoms with Gasteiger partial charge in [-0.15, -0.1) is 0 Å². The van der Waals surface area contributed by atoms with Gasteiger partial charge in [0.15, 0.2) is 0 Å². The zero-order valence-electron chi connectivity index (χ0n) is 21.6. The maximum absolute atomic E-state index is 5.19. The fourth-order valence-electron chi connectivity index (χ4n) is 4.01. The zero-order chi connectivity index (χ0) is 25.7. The summed E-state index contributed by atoms with van der Waals surface area (Å²) < 4.78 is 10.4. The number of methoxy groups -OCH3 is 2. The fraction of sp³-hybridized carbons (Fsp3) is 0.212. The van der Waals surface area contributed by atoms with E-state index in [1.807, 2.05) is 61.0 Å². The number of benzene rings is 4. The minimum absolute atomic E-state index is 0.853. The van der Waals surface area contributed by atoms with E-state index in [0.717, 1.165) is 46.8 Å². The van der Waals surface area contributed by atoms with Crippen molar-refractivity contribution in [1.29, 1.82) is 0 Å². The zero-order valence-corrected chi connectivity index (χ0v) is 21.6. The quantitative estimate of drug-likeness (QED) is 0.148. The molecule has 4 aromatic carbocycles. The summed E-state index contributed by atoms with van der Waals surface area (Å²) >= 11 is 0. The fourth-order valence-corrected chi connectivity index (χ4v) is 4.01. The number of hydrogen-bond donors (Lipinski definition) is 0. The maximum Gasteiger partial charge on any atom is 0.118 e. The molecule has 0 atom stereocenters. The lowest BCUT2D eigenvalue weighted by Crippen LogP contribution is -1.89.